The molecule has 4 N–H and O–H groups in total. The van der Waals surface area contributed by atoms with Crippen molar-refractivity contribution in [3.63, 3.8) is 0 Å². The lowest BCUT2D eigenvalue weighted by molar-refractivity contribution is -0.140. The van der Waals surface area contributed by atoms with E-state index in [9.17, 15) is 19.2 Å². The van der Waals surface area contributed by atoms with Crippen LogP contribution in [0.4, 0.5) is 0 Å². The van der Waals surface area contributed by atoms with Crippen LogP contribution in [0.5, 0.6) is 0 Å². The summed E-state index contributed by atoms with van der Waals surface area (Å²) in [7, 11) is 3.50. The Balaban J connectivity index is 1.03. The molecule has 2 heterocycles. The first-order valence-electron chi connectivity index (χ1n) is 29.5. The maximum absolute atomic E-state index is 15.0. The molecule has 2 aliphatic carbocycles. The molecule has 14 heteroatoms. The van der Waals surface area contributed by atoms with Crippen molar-refractivity contribution in [1.29, 1.82) is 0 Å². The minimum Gasteiger partial charge on any atom is -0.343 e. The van der Waals surface area contributed by atoms with Gasteiger partial charge in [0, 0.05) is 50.4 Å². The molecule has 0 bridgehead atoms. The first-order valence-corrected chi connectivity index (χ1v) is 29.5. The molecule has 2 saturated carbocycles. The van der Waals surface area contributed by atoms with Gasteiger partial charge in [0.15, 0.2) is 0 Å². The van der Waals surface area contributed by atoms with Crippen molar-refractivity contribution < 1.29 is 28.8 Å². The first-order chi connectivity index (χ1) is 37.7. The van der Waals surface area contributed by atoms with Crippen LogP contribution >= 0.6 is 0 Å². The van der Waals surface area contributed by atoms with Crippen molar-refractivity contribution in [2.75, 3.05) is 53.4 Å². The number of benzene rings is 4. The fraction of sp³-hybridized carbons (Fsp3) is 0.562. The number of likely N-dealkylation sites (N-methyl/N-ethyl adjacent to an activating group) is 2. The lowest BCUT2D eigenvalue weighted by atomic mass is 9.83. The van der Waals surface area contributed by atoms with Crippen molar-refractivity contribution in [3.8, 4) is 0 Å². The molecule has 14 nitrogen and oxygen atoms in total. The number of likely N-dealkylation sites (tertiary alicyclic amines) is 2. The highest BCUT2D eigenvalue weighted by atomic mass is 16.2. The Morgan fingerprint density at radius 3 is 1.24 bits per heavy atom. The summed E-state index contributed by atoms with van der Waals surface area (Å²) < 4.78 is 0. The maximum Gasteiger partial charge on any atom is 0.253 e. The van der Waals surface area contributed by atoms with Gasteiger partial charge in [0.1, 0.15) is 12.1 Å². The van der Waals surface area contributed by atoms with Crippen molar-refractivity contribution in [2.24, 2.45) is 23.7 Å². The summed E-state index contributed by atoms with van der Waals surface area (Å²) in [5.41, 5.74) is 3.28. The molecule has 2 saturated heterocycles. The Bertz CT molecular complexity index is 2480. The monoisotopic (exact) mass is 1060 g/mol. The van der Waals surface area contributed by atoms with Crippen LogP contribution in [-0.2, 0) is 32.0 Å². The molecule has 8 atom stereocenters. The summed E-state index contributed by atoms with van der Waals surface area (Å²) in [6.07, 6.45) is 12.9. The van der Waals surface area contributed by atoms with E-state index in [2.05, 4.69) is 59.4 Å². The highest BCUT2D eigenvalue weighted by molar-refractivity contribution is 6.02. The summed E-state index contributed by atoms with van der Waals surface area (Å²) >= 11 is 0. The number of carbonyl (C=O) groups is 6. The van der Waals surface area contributed by atoms with E-state index in [1.165, 1.54) is 0 Å². The van der Waals surface area contributed by atoms with Crippen LogP contribution in [0.3, 0.4) is 0 Å². The Morgan fingerprint density at radius 1 is 0.513 bits per heavy atom. The Morgan fingerprint density at radius 2 is 0.885 bits per heavy atom. The summed E-state index contributed by atoms with van der Waals surface area (Å²) in [6, 6.07) is 29.1. The summed E-state index contributed by atoms with van der Waals surface area (Å²) in [5.74, 6) is -0.318. The van der Waals surface area contributed by atoms with Crippen LogP contribution in [0.15, 0.2) is 97.1 Å². The standard InChI is InChI=1S/C64H88N8O6/c1-43-31-37-71(63(77)57(49-23-15-9-16-24-49)67-59(73)45(3)65-5)55(43)41-69(35-33-47-19-11-7-12-20-47)61(75)53-29-27-52-40-54(30-28-51(52)39-53)62(76)70(36-34-48-21-13-8-14-22-48)42-56-44(2)32-38-72(56)64(78)58(50-25-17-10-18-26-50)68-60(74)46(4)66-6/h7-8,11-14,19-22,27-30,39-40,43-46,49-50,55-58,65-66H,9-10,15-18,23-26,31-38,41-42H2,1-6H3,(H,67,73)(H,68,74)/t43-,44-,45-,46-,55-,56+,57-,58-/m0/s1. The van der Waals surface area contributed by atoms with E-state index < -0.39 is 24.2 Å². The quantitative estimate of drug-likeness (QED) is 0.0615. The predicted octanol–water partition coefficient (Wildman–Crippen LogP) is 8.03. The van der Waals surface area contributed by atoms with E-state index in [1.54, 1.807) is 14.1 Å². The van der Waals surface area contributed by atoms with Gasteiger partial charge in [-0.3, -0.25) is 28.8 Å². The van der Waals surface area contributed by atoms with Crippen LogP contribution in [0, 0.1) is 23.7 Å². The van der Waals surface area contributed by atoms with Crippen molar-refractivity contribution in [2.45, 2.75) is 154 Å². The Hall–Kier alpha value is -6.12. The van der Waals surface area contributed by atoms with E-state index in [0.29, 0.717) is 63.2 Å². The molecule has 0 aromatic heterocycles. The number of fused-ring (bicyclic) bond motifs is 1. The number of nitrogens with one attached hydrogen (secondary N) is 4. The fourth-order valence-electron chi connectivity index (χ4n) is 12.7. The van der Waals surface area contributed by atoms with Crippen LogP contribution in [0.1, 0.15) is 137 Å². The van der Waals surface area contributed by atoms with Crippen molar-refractivity contribution >= 4 is 46.2 Å². The Labute approximate surface area is 464 Å². The minimum atomic E-state index is -0.620. The average molecular weight is 1070 g/mol. The van der Waals surface area contributed by atoms with Crippen LogP contribution in [0.25, 0.3) is 10.8 Å². The molecule has 420 valence electrons. The van der Waals surface area contributed by atoms with Crippen molar-refractivity contribution in [3.05, 3.63) is 119 Å². The van der Waals surface area contributed by atoms with Gasteiger partial charge < -0.3 is 40.9 Å². The molecule has 4 aliphatic rings. The smallest absolute Gasteiger partial charge is 0.253 e. The third-order valence-corrected chi connectivity index (χ3v) is 18.1. The van der Waals surface area contributed by atoms with Gasteiger partial charge in [0.2, 0.25) is 23.6 Å². The lowest BCUT2D eigenvalue weighted by Gasteiger charge is -2.38. The summed E-state index contributed by atoms with van der Waals surface area (Å²) in [6.45, 7) is 10.7. The molecular formula is C64H88N8O6. The van der Waals surface area contributed by atoms with Gasteiger partial charge in [-0.2, -0.15) is 0 Å². The molecule has 0 unspecified atom stereocenters. The normalized spacial score (nSPS) is 21.6. The van der Waals surface area contributed by atoms with Crippen LogP contribution in [0.2, 0.25) is 0 Å². The minimum absolute atomic E-state index is 0.0506. The largest absolute Gasteiger partial charge is 0.343 e. The molecule has 4 aromatic carbocycles. The van der Waals surface area contributed by atoms with E-state index in [-0.39, 0.29) is 71.2 Å². The van der Waals surface area contributed by atoms with E-state index in [1.807, 2.05) is 106 Å². The molecule has 78 heavy (non-hydrogen) atoms. The van der Waals surface area contributed by atoms with E-state index in [0.717, 1.165) is 98.9 Å². The molecule has 8 rings (SSSR count). The zero-order chi connectivity index (χ0) is 55.3. The molecule has 2 aliphatic heterocycles. The van der Waals surface area contributed by atoms with Gasteiger partial charge >= 0.3 is 0 Å². The number of amides is 6. The van der Waals surface area contributed by atoms with Gasteiger partial charge in [-0.25, -0.2) is 0 Å². The number of hydrogen-bond donors (Lipinski definition) is 4. The molecule has 6 amide bonds. The molecule has 0 radical (unpaired) electrons. The lowest BCUT2D eigenvalue weighted by Crippen LogP contribution is -2.58. The molecular weight excluding hydrogens is 977 g/mol. The summed E-state index contributed by atoms with van der Waals surface area (Å²) in [4.78, 5) is 94.1. The molecule has 4 aromatic rings. The molecule has 4 fully saturated rings. The maximum atomic E-state index is 15.0. The van der Waals surface area contributed by atoms with Gasteiger partial charge in [-0.05, 0) is 149 Å². The second-order valence-corrected chi connectivity index (χ2v) is 23.3. The van der Waals surface area contributed by atoms with Gasteiger partial charge in [-0.15, -0.1) is 0 Å². The van der Waals surface area contributed by atoms with Crippen LogP contribution in [-0.4, -0.2) is 145 Å². The highest BCUT2D eigenvalue weighted by Crippen LogP contribution is 2.34. The van der Waals surface area contributed by atoms with Gasteiger partial charge in [0.25, 0.3) is 11.8 Å². The Kier molecular flexibility index (Phi) is 20.6. The summed E-state index contributed by atoms with van der Waals surface area (Å²) in [5, 5.41) is 14.0. The second-order valence-electron chi connectivity index (χ2n) is 23.3. The van der Waals surface area contributed by atoms with Crippen molar-refractivity contribution in [1.82, 2.24) is 40.9 Å². The second kappa shape index (κ2) is 27.7. The van der Waals surface area contributed by atoms with Gasteiger partial charge in [-0.1, -0.05) is 125 Å². The van der Waals surface area contributed by atoms with E-state index in [4.69, 9.17) is 0 Å². The number of carbonyl (C=O) groups excluding carboxylic acids is 6. The van der Waals surface area contributed by atoms with Crippen LogP contribution < -0.4 is 21.3 Å². The fourth-order valence-corrected chi connectivity index (χ4v) is 12.7. The first kappa shape index (κ1) is 58.0. The third-order valence-electron chi connectivity index (χ3n) is 18.1. The third kappa shape index (κ3) is 14.4. The topological polar surface area (TPSA) is 163 Å². The zero-order valence-electron chi connectivity index (χ0n) is 47.4. The van der Waals surface area contributed by atoms with Gasteiger partial charge in [0.05, 0.1) is 24.2 Å². The number of nitrogens with zero attached hydrogens (tertiary/aromatic N) is 4. The SMILES string of the molecule is CN[C@@H](C)C(=O)N[C@H](C(=O)N1CC[C@H](C)[C@H]1CN(CCc1ccccc1)C(=O)c1ccc2cc(C(=O)N(CCc3ccccc3)C[C@H]3[C@@H](C)CCN3C(=O)[C@@H](NC(=O)[C@H](C)NC)C3CCCCC3)ccc2c1)C1CCCCC1. The number of hydrogen-bond acceptors (Lipinski definition) is 8. The highest BCUT2D eigenvalue weighted by Gasteiger charge is 2.44. The zero-order valence-corrected chi connectivity index (χ0v) is 47.4. The predicted molar refractivity (Wildman–Crippen MR) is 309 cm³/mol. The average Bonchev–Trinajstić information content (AvgIpc) is 4.06. The van der Waals surface area contributed by atoms with E-state index >= 15 is 9.59 Å². The number of rotatable bonds is 22. The molecule has 0 spiro atoms.